The molecule has 26 heavy (non-hydrogen) atoms. The zero-order chi connectivity index (χ0) is 18.3. The second-order valence-corrected chi connectivity index (χ2v) is 7.25. The summed E-state index contributed by atoms with van der Waals surface area (Å²) in [6.07, 6.45) is 0. The Morgan fingerprint density at radius 3 is 2.58 bits per heavy atom. The number of fused-ring (bicyclic) bond motifs is 5. The topological polar surface area (TPSA) is 127 Å². The monoisotopic (exact) mass is 367 g/mol. The van der Waals surface area contributed by atoms with Gasteiger partial charge in [-0.1, -0.05) is 30.3 Å². The third kappa shape index (κ3) is 2.74. The Kier molecular flexibility index (Phi) is 3.58. The molecule has 9 heteroatoms. The van der Waals surface area contributed by atoms with E-state index in [9.17, 15) is 13.2 Å². The van der Waals surface area contributed by atoms with Crippen LogP contribution in [0.25, 0.3) is 10.9 Å². The summed E-state index contributed by atoms with van der Waals surface area (Å²) in [6, 6.07) is 14.4. The van der Waals surface area contributed by atoms with Gasteiger partial charge in [0.1, 0.15) is 10.7 Å². The van der Waals surface area contributed by atoms with E-state index in [2.05, 4.69) is 20.0 Å². The fourth-order valence-corrected chi connectivity index (χ4v) is 3.86. The van der Waals surface area contributed by atoms with Crippen LogP contribution >= 0.6 is 0 Å². The van der Waals surface area contributed by atoms with Gasteiger partial charge < -0.3 is 5.73 Å². The average molecular weight is 367 g/mol. The first-order valence-electron chi connectivity index (χ1n) is 7.61. The molecule has 0 spiro atoms. The highest BCUT2D eigenvalue weighted by atomic mass is 32.2. The number of amides is 1. The number of nitrogens with zero attached hydrogens (tertiary/aromatic N) is 2. The van der Waals surface area contributed by atoms with Crippen molar-refractivity contribution < 1.29 is 13.2 Å². The number of benzene rings is 2. The van der Waals surface area contributed by atoms with Crippen molar-refractivity contribution in [3.05, 3.63) is 60.2 Å². The van der Waals surface area contributed by atoms with Gasteiger partial charge in [-0.2, -0.15) is 0 Å². The van der Waals surface area contributed by atoms with E-state index >= 15 is 0 Å². The van der Waals surface area contributed by atoms with Crippen molar-refractivity contribution in [1.29, 1.82) is 0 Å². The number of pyridine rings is 1. The lowest BCUT2D eigenvalue weighted by Gasteiger charge is -2.11. The predicted molar refractivity (Wildman–Crippen MR) is 97.7 cm³/mol. The summed E-state index contributed by atoms with van der Waals surface area (Å²) in [6.45, 7) is 0. The highest BCUT2D eigenvalue weighted by molar-refractivity contribution is 7.92. The Hall–Kier alpha value is -3.46. The molecule has 3 aromatic rings. The highest BCUT2D eigenvalue weighted by Crippen LogP contribution is 2.28. The van der Waals surface area contributed by atoms with Crippen molar-refractivity contribution in [2.45, 2.75) is 4.90 Å². The van der Waals surface area contributed by atoms with E-state index in [1.807, 2.05) is 0 Å². The first kappa shape index (κ1) is 16.0. The summed E-state index contributed by atoms with van der Waals surface area (Å²) in [7, 11) is -3.98. The van der Waals surface area contributed by atoms with Gasteiger partial charge in [-0.15, -0.1) is 0 Å². The van der Waals surface area contributed by atoms with E-state index in [0.717, 1.165) is 0 Å². The van der Waals surface area contributed by atoms with E-state index in [1.165, 1.54) is 18.2 Å². The maximum absolute atomic E-state index is 12.8. The molecule has 1 aliphatic heterocycles. The van der Waals surface area contributed by atoms with Crippen LogP contribution in [0.2, 0.25) is 0 Å². The smallest absolute Gasteiger partial charge is 0.265 e. The van der Waals surface area contributed by atoms with Crippen molar-refractivity contribution in [1.82, 2.24) is 10.3 Å². The van der Waals surface area contributed by atoms with E-state index in [1.54, 1.807) is 36.4 Å². The SMILES string of the molecule is NC1=Nc2ccccc2S(=O)(=O)Nc2cc(c3ccccc3n2)C(=O)N1. The number of aliphatic imine (C=N–C) groups is 1. The number of nitrogens with two attached hydrogens (primary N) is 1. The minimum absolute atomic E-state index is 0.0316. The first-order valence-corrected chi connectivity index (χ1v) is 9.09. The van der Waals surface area contributed by atoms with E-state index in [-0.39, 0.29) is 27.9 Å². The van der Waals surface area contributed by atoms with Crippen molar-refractivity contribution in [2.24, 2.45) is 10.7 Å². The summed E-state index contributed by atoms with van der Waals surface area (Å²) in [5, 5.41) is 3.05. The van der Waals surface area contributed by atoms with Crippen LogP contribution < -0.4 is 15.8 Å². The molecule has 1 amide bonds. The van der Waals surface area contributed by atoms with Crippen LogP contribution in [0, 0.1) is 0 Å². The maximum atomic E-state index is 12.8. The number of rotatable bonds is 0. The van der Waals surface area contributed by atoms with Crippen LogP contribution in [0.4, 0.5) is 11.5 Å². The number of guanidine groups is 1. The van der Waals surface area contributed by atoms with E-state index in [0.29, 0.717) is 10.9 Å². The number of hydrogen-bond donors (Lipinski definition) is 3. The molecule has 0 atom stereocenters. The number of carbonyl (C=O) groups excluding carboxylic acids is 1. The zero-order valence-electron chi connectivity index (χ0n) is 13.3. The van der Waals surface area contributed by atoms with Gasteiger partial charge >= 0.3 is 0 Å². The third-order valence-electron chi connectivity index (χ3n) is 3.84. The molecule has 8 nitrogen and oxygen atoms in total. The molecule has 2 bridgehead atoms. The van der Waals surface area contributed by atoms with Crippen LogP contribution in [0.5, 0.6) is 0 Å². The molecule has 0 radical (unpaired) electrons. The van der Waals surface area contributed by atoms with Crippen LogP contribution in [0.1, 0.15) is 10.4 Å². The first-order chi connectivity index (χ1) is 12.4. The summed E-state index contributed by atoms with van der Waals surface area (Å²) in [4.78, 5) is 20.9. The summed E-state index contributed by atoms with van der Waals surface area (Å²) < 4.78 is 28.0. The Bertz CT molecular complexity index is 1190. The molecular weight excluding hydrogens is 354 g/mol. The Labute approximate surface area is 148 Å². The largest absolute Gasteiger partial charge is 0.369 e. The number of sulfonamides is 1. The minimum Gasteiger partial charge on any atom is -0.369 e. The lowest BCUT2D eigenvalue weighted by molar-refractivity contribution is 0.0978. The van der Waals surface area contributed by atoms with Crippen molar-refractivity contribution in [3.63, 3.8) is 0 Å². The van der Waals surface area contributed by atoms with Crippen molar-refractivity contribution in [2.75, 3.05) is 4.72 Å². The fourth-order valence-electron chi connectivity index (χ4n) is 2.73. The molecule has 4 rings (SSSR count). The second-order valence-electron chi connectivity index (χ2n) is 5.60. The molecule has 1 aliphatic rings. The van der Waals surface area contributed by atoms with E-state index < -0.39 is 15.9 Å². The number of para-hydroxylation sites is 2. The molecule has 0 saturated carbocycles. The second kappa shape index (κ2) is 5.81. The Morgan fingerprint density at radius 1 is 1.00 bits per heavy atom. The van der Waals surface area contributed by atoms with Crippen LogP contribution in [-0.2, 0) is 10.0 Å². The normalized spacial score (nSPS) is 15.8. The van der Waals surface area contributed by atoms with Gasteiger partial charge in [-0.25, -0.2) is 18.4 Å². The Morgan fingerprint density at radius 2 is 1.73 bits per heavy atom. The molecule has 0 aliphatic carbocycles. The fraction of sp³-hybridized carbons (Fsp3) is 0. The highest BCUT2D eigenvalue weighted by Gasteiger charge is 2.22. The lowest BCUT2D eigenvalue weighted by atomic mass is 10.1. The summed E-state index contributed by atoms with van der Waals surface area (Å²) in [5.41, 5.74) is 6.62. The average Bonchev–Trinajstić information content (AvgIpc) is 2.61. The molecule has 1 aromatic heterocycles. The molecule has 130 valence electrons. The van der Waals surface area contributed by atoms with Gasteiger partial charge in [0.05, 0.1) is 16.8 Å². The molecule has 2 aromatic carbocycles. The Balaban J connectivity index is 2.02. The number of carbonyl (C=O) groups is 1. The maximum Gasteiger partial charge on any atom is 0.265 e. The van der Waals surface area contributed by atoms with Crippen LogP contribution in [0.3, 0.4) is 0 Å². The molecule has 2 heterocycles. The van der Waals surface area contributed by atoms with E-state index in [4.69, 9.17) is 5.73 Å². The predicted octanol–water partition coefficient (Wildman–Crippen LogP) is 1.73. The van der Waals surface area contributed by atoms with Gasteiger partial charge in [-0.3, -0.25) is 14.8 Å². The van der Waals surface area contributed by atoms with Gasteiger partial charge in [-0.05, 0) is 24.3 Å². The lowest BCUT2D eigenvalue weighted by Crippen LogP contribution is -2.36. The summed E-state index contributed by atoms with van der Waals surface area (Å²) >= 11 is 0. The summed E-state index contributed by atoms with van der Waals surface area (Å²) in [5.74, 6) is -0.684. The van der Waals surface area contributed by atoms with Gasteiger partial charge in [0.25, 0.3) is 15.9 Å². The van der Waals surface area contributed by atoms with Crippen LogP contribution in [0.15, 0.2) is 64.5 Å². The molecule has 4 N–H and O–H groups in total. The van der Waals surface area contributed by atoms with Gasteiger partial charge in [0, 0.05) is 5.39 Å². The zero-order valence-corrected chi connectivity index (χ0v) is 14.1. The molecule has 0 fully saturated rings. The van der Waals surface area contributed by atoms with Crippen LogP contribution in [-0.4, -0.2) is 25.3 Å². The number of hydrogen-bond acceptors (Lipinski definition) is 6. The number of anilines is 1. The third-order valence-corrected chi connectivity index (χ3v) is 5.24. The molecule has 0 unspecified atom stereocenters. The number of nitrogens with one attached hydrogen (secondary N) is 2. The van der Waals surface area contributed by atoms with Gasteiger partial charge in [0.2, 0.25) is 5.96 Å². The van der Waals surface area contributed by atoms with Crippen molar-refractivity contribution >= 4 is 44.3 Å². The number of aromatic nitrogens is 1. The van der Waals surface area contributed by atoms with Gasteiger partial charge in [0.15, 0.2) is 0 Å². The minimum atomic E-state index is -3.98. The molecule has 0 saturated heterocycles. The quantitative estimate of drug-likeness (QED) is 0.558. The van der Waals surface area contributed by atoms with Crippen molar-refractivity contribution in [3.8, 4) is 0 Å². The standard InChI is InChI=1S/C17H13N5O3S/c18-17-20-13-7-3-4-8-14(13)26(24,25)22-15-9-11(16(23)21-17)10-5-1-2-6-12(10)19-15/h1-9H,(H,19,22)(H3,18,20,21,23). The molecular formula is C17H13N5O3S.